The van der Waals surface area contributed by atoms with Crippen molar-refractivity contribution >= 4 is 5.78 Å². The van der Waals surface area contributed by atoms with Gasteiger partial charge in [0, 0.05) is 18.4 Å². The van der Waals surface area contributed by atoms with Gasteiger partial charge in [-0.25, -0.2) is 4.39 Å². The van der Waals surface area contributed by atoms with Crippen LogP contribution in [0.25, 0.3) is 0 Å². The largest absolute Gasteiger partial charge is 0.494 e. The number of ether oxygens (including phenoxy) is 1. The molecule has 3 nitrogen and oxygen atoms in total. The standard InChI is InChI=1S/C13H16FNO2/c1-17-10-4-2-3-9(12(10)14)7-11(16)13(8-15)5-6-13/h2-4H,5-8,15H2,1H3. The Labute approximate surface area is 99.8 Å². The van der Waals surface area contributed by atoms with Crippen LogP contribution in [0.4, 0.5) is 4.39 Å². The third kappa shape index (κ3) is 2.17. The van der Waals surface area contributed by atoms with E-state index >= 15 is 0 Å². The van der Waals surface area contributed by atoms with Crippen LogP contribution in [0.1, 0.15) is 18.4 Å². The molecule has 0 aromatic heterocycles. The highest BCUT2D eigenvalue weighted by atomic mass is 19.1. The van der Waals surface area contributed by atoms with Crippen molar-refractivity contribution in [1.29, 1.82) is 0 Å². The maximum absolute atomic E-state index is 13.8. The van der Waals surface area contributed by atoms with Crippen LogP contribution in [-0.2, 0) is 11.2 Å². The van der Waals surface area contributed by atoms with Crippen molar-refractivity contribution in [1.82, 2.24) is 0 Å². The van der Waals surface area contributed by atoms with Crippen LogP contribution in [0.3, 0.4) is 0 Å². The van der Waals surface area contributed by atoms with Crippen molar-refractivity contribution in [3.63, 3.8) is 0 Å². The molecule has 0 bridgehead atoms. The third-order valence-corrected chi connectivity index (χ3v) is 3.45. The molecule has 1 aromatic rings. The maximum atomic E-state index is 13.8. The molecule has 2 rings (SSSR count). The van der Waals surface area contributed by atoms with E-state index in [-0.39, 0.29) is 23.4 Å². The lowest BCUT2D eigenvalue weighted by Crippen LogP contribution is -2.27. The van der Waals surface area contributed by atoms with Crippen molar-refractivity contribution in [2.45, 2.75) is 19.3 Å². The average molecular weight is 237 g/mol. The maximum Gasteiger partial charge on any atom is 0.168 e. The number of hydrogen-bond acceptors (Lipinski definition) is 3. The first-order chi connectivity index (χ1) is 8.13. The van der Waals surface area contributed by atoms with Gasteiger partial charge in [0.15, 0.2) is 11.6 Å². The van der Waals surface area contributed by atoms with E-state index in [4.69, 9.17) is 10.5 Å². The van der Waals surface area contributed by atoms with Crippen LogP contribution < -0.4 is 10.5 Å². The Hall–Kier alpha value is -1.42. The number of carbonyl (C=O) groups excluding carboxylic acids is 1. The van der Waals surface area contributed by atoms with Crippen molar-refractivity contribution in [2.24, 2.45) is 11.1 Å². The van der Waals surface area contributed by atoms with Gasteiger partial charge in [-0.05, 0) is 24.5 Å². The average Bonchev–Trinajstić information content (AvgIpc) is 3.12. The van der Waals surface area contributed by atoms with Crippen LogP contribution >= 0.6 is 0 Å². The van der Waals surface area contributed by atoms with Crippen molar-refractivity contribution in [2.75, 3.05) is 13.7 Å². The molecule has 0 spiro atoms. The monoisotopic (exact) mass is 237 g/mol. The lowest BCUT2D eigenvalue weighted by molar-refractivity contribution is -0.123. The van der Waals surface area contributed by atoms with E-state index in [9.17, 15) is 9.18 Å². The summed E-state index contributed by atoms with van der Waals surface area (Å²) in [7, 11) is 1.41. The Kier molecular flexibility index (Phi) is 3.15. The Morgan fingerprint density at radius 1 is 1.53 bits per heavy atom. The van der Waals surface area contributed by atoms with Gasteiger partial charge in [0.05, 0.1) is 7.11 Å². The highest BCUT2D eigenvalue weighted by Gasteiger charge is 2.47. The first kappa shape index (κ1) is 12.0. The van der Waals surface area contributed by atoms with Gasteiger partial charge in [0.2, 0.25) is 0 Å². The zero-order chi connectivity index (χ0) is 12.5. The fraction of sp³-hybridized carbons (Fsp3) is 0.462. The molecular weight excluding hydrogens is 221 g/mol. The molecule has 92 valence electrons. The van der Waals surface area contributed by atoms with E-state index in [0.29, 0.717) is 12.1 Å². The molecule has 17 heavy (non-hydrogen) atoms. The minimum Gasteiger partial charge on any atom is -0.494 e. The summed E-state index contributed by atoms with van der Waals surface area (Å²) < 4.78 is 18.7. The van der Waals surface area contributed by atoms with E-state index in [1.807, 2.05) is 0 Å². The molecule has 1 aromatic carbocycles. The number of nitrogens with two attached hydrogens (primary N) is 1. The van der Waals surface area contributed by atoms with Gasteiger partial charge in [-0.2, -0.15) is 0 Å². The number of ketones is 1. The zero-order valence-corrected chi connectivity index (χ0v) is 9.83. The van der Waals surface area contributed by atoms with Gasteiger partial charge < -0.3 is 10.5 Å². The zero-order valence-electron chi connectivity index (χ0n) is 9.83. The number of rotatable bonds is 5. The minimum absolute atomic E-state index is 0.0344. The van der Waals surface area contributed by atoms with E-state index in [2.05, 4.69) is 0 Å². The van der Waals surface area contributed by atoms with Gasteiger partial charge in [0.25, 0.3) is 0 Å². The molecule has 0 saturated heterocycles. The summed E-state index contributed by atoms with van der Waals surface area (Å²) in [6.45, 7) is 0.359. The second kappa shape index (κ2) is 4.45. The topological polar surface area (TPSA) is 52.3 Å². The smallest absolute Gasteiger partial charge is 0.168 e. The first-order valence-corrected chi connectivity index (χ1v) is 5.68. The molecule has 0 radical (unpaired) electrons. The van der Waals surface area contributed by atoms with Crippen LogP contribution in [0.5, 0.6) is 5.75 Å². The quantitative estimate of drug-likeness (QED) is 0.847. The molecule has 1 saturated carbocycles. The second-order valence-electron chi connectivity index (χ2n) is 4.52. The molecule has 0 aliphatic heterocycles. The van der Waals surface area contributed by atoms with Gasteiger partial charge >= 0.3 is 0 Å². The predicted molar refractivity (Wildman–Crippen MR) is 62.4 cm³/mol. The highest BCUT2D eigenvalue weighted by molar-refractivity contribution is 5.89. The van der Waals surface area contributed by atoms with Crippen molar-refractivity contribution < 1.29 is 13.9 Å². The summed E-state index contributed by atoms with van der Waals surface area (Å²) in [5, 5.41) is 0. The number of benzene rings is 1. The van der Waals surface area contributed by atoms with Gasteiger partial charge in [-0.15, -0.1) is 0 Å². The molecule has 4 heteroatoms. The Morgan fingerprint density at radius 3 is 2.76 bits per heavy atom. The SMILES string of the molecule is COc1cccc(CC(=O)C2(CN)CC2)c1F. The number of hydrogen-bond donors (Lipinski definition) is 1. The van der Waals surface area contributed by atoms with Gasteiger partial charge in [-0.3, -0.25) is 4.79 Å². The number of carbonyl (C=O) groups is 1. The summed E-state index contributed by atoms with van der Waals surface area (Å²) in [4.78, 5) is 12.0. The van der Waals surface area contributed by atoms with E-state index < -0.39 is 5.82 Å². The van der Waals surface area contributed by atoms with Crippen LogP contribution in [0.2, 0.25) is 0 Å². The Bertz CT molecular complexity index is 441. The lowest BCUT2D eigenvalue weighted by atomic mass is 9.95. The summed E-state index contributed by atoms with van der Waals surface area (Å²) in [5.41, 5.74) is 5.58. The van der Waals surface area contributed by atoms with E-state index in [1.165, 1.54) is 7.11 Å². The molecule has 0 unspecified atom stereocenters. The summed E-state index contributed by atoms with van der Waals surface area (Å²) in [6, 6.07) is 4.84. The van der Waals surface area contributed by atoms with E-state index in [0.717, 1.165) is 12.8 Å². The van der Waals surface area contributed by atoms with E-state index in [1.54, 1.807) is 18.2 Å². The fourth-order valence-electron chi connectivity index (χ4n) is 1.96. The van der Waals surface area contributed by atoms with Crippen LogP contribution in [0.15, 0.2) is 18.2 Å². The minimum atomic E-state index is -0.448. The molecule has 0 amide bonds. The number of Topliss-reactive ketones (excluding diaryl/α,β-unsaturated/α-hetero) is 1. The van der Waals surface area contributed by atoms with Crippen molar-refractivity contribution in [3.8, 4) is 5.75 Å². The molecule has 1 aliphatic carbocycles. The number of methoxy groups -OCH3 is 1. The van der Waals surface area contributed by atoms with Gasteiger partial charge in [-0.1, -0.05) is 12.1 Å². The molecular formula is C13H16FNO2. The molecule has 1 aliphatic rings. The predicted octanol–water partition coefficient (Wildman–Crippen LogP) is 1.68. The number of halogens is 1. The molecule has 0 atom stereocenters. The van der Waals surface area contributed by atoms with Crippen LogP contribution in [-0.4, -0.2) is 19.4 Å². The summed E-state index contributed by atoms with van der Waals surface area (Å²) in [6.07, 6.45) is 1.75. The molecule has 2 N–H and O–H groups in total. The van der Waals surface area contributed by atoms with Gasteiger partial charge in [0.1, 0.15) is 5.78 Å². The summed E-state index contributed by atoms with van der Waals surface area (Å²) in [5.74, 6) is -0.240. The highest BCUT2D eigenvalue weighted by Crippen LogP contribution is 2.46. The Balaban J connectivity index is 2.16. The lowest BCUT2D eigenvalue weighted by Gasteiger charge is -2.12. The molecule has 0 heterocycles. The summed E-state index contributed by atoms with van der Waals surface area (Å²) >= 11 is 0. The third-order valence-electron chi connectivity index (χ3n) is 3.45. The second-order valence-corrected chi connectivity index (χ2v) is 4.52. The van der Waals surface area contributed by atoms with Crippen LogP contribution in [0, 0.1) is 11.2 Å². The first-order valence-electron chi connectivity index (χ1n) is 5.68. The molecule has 1 fully saturated rings. The Morgan fingerprint density at radius 2 is 2.24 bits per heavy atom. The fourth-order valence-corrected chi connectivity index (χ4v) is 1.96. The van der Waals surface area contributed by atoms with Crippen molar-refractivity contribution in [3.05, 3.63) is 29.6 Å². The normalized spacial score (nSPS) is 16.6.